The van der Waals surface area contributed by atoms with Crippen molar-refractivity contribution in [3.05, 3.63) is 79.0 Å². The zero-order valence-corrected chi connectivity index (χ0v) is 23.4. The molecule has 0 radical (unpaired) electrons. The fourth-order valence-electron chi connectivity index (χ4n) is 4.27. The van der Waals surface area contributed by atoms with Gasteiger partial charge in [0.1, 0.15) is 11.6 Å². The number of ether oxygens (including phenoxy) is 1. The zero-order valence-electron chi connectivity index (χ0n) is 22.6. The Labute approximate surface area is 229 Å². The minimum Gasteiger partial charge on any atom is -0.481 e. The standard InChI is InChI=1S/C30H34N4O4S/c1-5-8-26(38-23-16-13-21-17-18-32-28(31)25(21)19-23)29(35)33-22-14-11-20(12-15-22)24-9-6-7-10-27(24)39(36,37)34-30(2,3)4/h6-7,9-19,26,34H,5,8H2,1-4H3,(H2,31,32)(H,33,35). The quantitative estimate of drug-likeness (QED) is 0.246. The van der Waals surface area contributed by atoms with Crippen molar-refractivity contribution in [2.75, 3.05) is 11.1 Å². The summed E-state index contributed by atoms with van der Waals surface area (Å²) in [6, 6.07) is 21.3. The summed E-state index contributed by atoms with van der Waals surface area (Å²) in [5.74, 6) is 0.659. The molecular weight excluding hydrogens is 512 g/mol. The highest BCUT2D eigenvalue weighted by Crippen LogP contribution is 2.30. The Balaban J connectivity index is 1.52. The van der Waals surface area contributed by atoms with Crippen LogP contribution in [0.4, 0.5) is 11.5 Å². The zero-order chi connectivity index (χ0) is 28.2. The molecule has 1 amide bonds. The monoisotopic (exact) mass is 546 g/mol. The number of nitrogens with zero attached hydrogens (tertiary/aromatic N) is 1. The Kier molecular flexibility index (Phi) is 8.22. The van der Waals surface area contributed by atoms with Crippen LogP contribution in [-0.2, 0) is 14.8 Å². The van der Waals surface area contributed by atoms with Crippen LogP contribution in [-0.4, -0.2) is 31.0 Å². The number of anilines is 2. The van der Waals surface area contributed by atoms with Crippen molar-refractivity contribution in [2.24, 2.45) is 0 Å². The molecule has 8 nitrogen and oxygen atoms in total. The Morgan fingerprint density at radius 2 is 1.74 bits per heavy atom. The molecule has 0 fully saturated rings. The number of nitrogens with one attached hydrogen (secondary N) is 2. The lowest BCUT2D eigenvalue weighted by atomic mass is 10.1. The third-order valence-electron chi connectivity index (χ3n) is 5.97. The van der Waals surface area contributed by atoms with Gasteiger partial charge in [0.25, 0.3) is 5.91 Å². The number of nitrogen functional groups attached to an aromatic ring is 1. The van der Waals surface area contributed by atoms with Crippen molar-refractivity contribution < 1.29 is 17.9 Å². The van der Waals surface area contributed by atoms with Crippen LogP contribution in [0.5, 0.6) is 5.75 Å². The van der Waals surface area contributed by atoms with Gasteiger partial charge in [0.05, 0.1) is 4.90 Å². The number of fused-ring (bicyclic) bond motifs is 1. The second-order valence-electron chi connectivity index (χ2n) is 10.4. The summed E-state index contributed by atoms with van der Waals surface area (Å²) in [6.07, 6.45) is 2.22. The number of hydrogen-bond donors (Lipinski definition) is 3. The van der Waals surface area contributed by atoms with Crippen LogP contribution < -0.4 is 20.5 Å². The lowest BCUT2D eigenvalue weighted by Crippen LogP contribution is -2.40. The number of sulfonamides is 1. The second kappa shape index (κ2) is 11.4. The Hall–Kier alpha value is -3.95. The molecule has 4 rings (SSSR count). The molecule has 39 heavy (non-hydrogen) atoms. The van der Waals surface area contributed by atoms with Gasteiger partial charge in [0.15, 0.2) is 6.10 Å². The van der Waals surface area contributed by atoms with Crippen LogP contribution in [0.1, 0.15) is 40.5 Å². The van der Waals surface area contributed by atoms with Crippen LogP contribution >= 0.6 is 0 Å². The summed E-state index contributed by atoms with van der Waals surface area (Å²) in [6.45, 7) is 7.38. The molecule has 1 aromatic heterocycles. The lowest BCUT2D eigenvalue weighted by Gasteiger charge is -2.21. The molecular formula is C30H34N4O4S. The van der Waals surface area contributed by atoms with Crippen molar-refractivity contribution in [1.82, 2.24) is 9.71 Å². The maximum atomic E-state index is 13.2. The number of nitrogens with two attached hydrogens (primary N) is 1. The Morgan fingerprint density at radius 1 is 1.03 bits per heavy atom. The highest BCUT2D eigenvalue weighted by atomic mass is 32.2. The first kappa shape index (κ1) is 28.1. The summed E-state index contributed by atoms with van der Waals surface area (Å²) in [5, 5.41) is 4.62. The third kappa shape index (κ3) is 6.93. The smallest absolute Gasteiger partial charge is 0.265 e. The number of aromatic nitrogens is 1. The minimum atomic E-state index is -3.74. The fourth-order valence-corrected chi connectivity index (χ4v) is 5.92. The number of pyridine rings is 1. The summed E-state index contributed by atoms with van der Waals surface area (Å²) < 4.78 is 34.9. The third-order valence-corrected chi connectivity index (χ3v) is 7.79. The van der Waals surface area contributed by atoms with Gasteiger partial charge in [-0.05, 0) is 74.5 Å². The molecule has 0 saturated heterocycles. The number of hydrogen-bond acceptors (Lipinski definition) is 6. The largest absolute Gasteiger partial charge is 0.481 e. The molecule has 1 unspecified atom stereocenters. The van der Waals surface area contributed by atoms with Gasteiger partial charge in [-0.2, -0.15) is 0 Å². The van der Waals surface area contributed by atoms with E-state index in [1.165, 1.54) is 0 Å². The number of amides is 1. The van der Waals surface area contributed by atoms with E-state index in [0.717, 1.165) is 17.2 Å². The van der Waals surface area contributed by atoms with E-state index in [2.05, 4.69) is 15.0 Å². The van der Waals surface area contributed by atoms with Gasteiger partial charge in [0.2, 0.25) is 10.0 Å². The fraction of sp³-hybridized carbons (Fsp3) is 0.267. The highest BCUT2D eigenvalue weighted by molar-refractivity contribution is 7.89. The molecule has 0 aliphatic heterocycles. The maximum absolute atomic E-state index is 13.2. The predicted molar refractivity (Wildman–Crippen MR) is 156 cm³/mol. The average Bonchev–Trinajstić information content (AvgIpc) is 2.88. The van der Waals surface area contributed by atoms with Gasteiger partial charge in [-0.25, -0.2) is 18.1 Å². The maximum Gasteiger partial charge on any atom is 0.265 e. The van der Waals surface area contributed by atoms with Crippen molar-refractivity contribution in [1.29, 1.82) is 0 Å². The van der Waals surface area contributed by atoms with Crippen LogP contribution in [0.15, 0.2) is 83.9 Å². The SMILES string of the molecule is CCCC(Oc1ccc2ccnc(N)c2c1)C(=O)Nc1ccc(-c2ccccc2S(=O)(=O)NC(C)(C)C)cc1. The number of rotatable bonds is 9. The molecule has 0 saturated carbocycles. The number of carbonyl (C=O) groups is 1. The summed E-state index contributed by atoms with van der Waals surface area (Å²) in [4.78, 5) is 17.5. The first-order valence-corrected chi connectivity index (χ1v) is 14.3. The van der Waals surface area contributed by atoms with E-state index in [0.29, 0.717) is 34.8 Å². The number of benzene rings is 3. The van der Waals surface area contributed by atoms with E-state index in [-0.39, 0.29) is 10.8 Å². The van der Waals surface area contributed by atoms with Crippen molar-refractivity contribution >= 4 is 38.2 Å². The molecule has 0 spiro atoms. The van der Waals surface area contributed by atoms with Crippen molar-refractivity contribution in [3.63, 3.8) is 0 Å². The van der Waals surface area contributed by atoms with E-state index >= 15 is 0 Å². The molecule has 4 aromatic rings. The van der Waals surface area contributed by atoms with E-state index < -0.39 is 21.7 Å². The van der Waals surface area contributed by atoms with Gasteiger partial charge in [-0.15, -0.1) is 0 Å². The van der Waals surface area contributed by atoms with Gasteiger partial charge in [-0.1, -0.05) is 49.7 Å². The number of carbonyl (C=O) groups excluding carboxylic acids is 1. The van der Waals surface area contributed by atoms with Crippen LogP contribution in [0.3, 0.4) is 0 Å². The van der Waals surface area contributed by atoms with E-state index in [1.807, 2.05) is 25.1 Å². The molecule has 0 aliphatic rings. The van der Waals surface area contributed by atoms with E-state index in [1.54, 1.807) is 81.6 Å². The van der Waals surface area contributed by atoms with E-state index in [9.17, 15) is 13.2 Å². The van der Waals surface area contributed by atoms with Gasteiger partial charge in [0, 0.05) is 28.4 Å². The van der Waals surface area contributed by atoms with Crippen molar-refractivity contribution in [3.8, 4) is 16.9 Å². The Morgan fingerprint density at radius 3 is 2.44 bits per heavy atom. The average molecular weight is 547 g/mol. The molecule has 9 heteroatoms. The lowest BCUT2D eigenvalue weighted by molar-refractivity contribution is -0.123. The summed E-state index contributed by atoms with van der Waals surface area (Å²) >= 11 is 0. The molecule has 1 heterocycles. The summed E-state index contributed by atoms with van der Waals surface area (Å²) in [5.41, 5.74) is 7.26. The van der Waals surface area contributed by atoms with Crippen LogP contribution in [0.2, 0.25) is 0 Å². The molecule has 1 atom stereocenters. The van der Waals surface area contributed by atoms with E-state index in [4.69, 9.17) is 10.5 Å². The van der Waals surface area contributed by atoms with Gasteiger partial charge in [-0.3, -0.25) is 4.79 Å². The molecule has 3 aromatic carbocycles. The Bertz CT molecular complexity index is 1580. The van der Waals surface area contributed by atoms with Gasteiger partial charge >= 0.3 is 0 Å². The highest BCUT2D eigenvalue weighted by Gasteiger charge is 2.25. The van der Waals surface area contributed by atoms with Crippen LogP contribution in [0, 0.1) is 0 Å². The first-order chi connectivity index (χ1) is 18.5. The minimum absolute atomic E-state index is 0.194. The predicted octanol–water partition coefficient (Wildman–Crippen LogP) is 5.75. The molecule has 0 bridgehead atoms. The topological polar surface area (TPSA) is 123 Å². The summed E-state index contributed by atoms with van der Waals surface area (Å²) in [7, 11) is -3.74. The van der Waals surface area contributed by atoms with Crippen LogP contribution in [0.25, 0.3) is 21.9 Å². The van der Waals surface area contributed by atoms with Gasteiger partial charge < -0.3 is 15.8 Å². The molecule has 4 N–H and O–H groups in total. The van der Waals surface area contributed by atoms with Crippen molar-refractivity contribution in [2.45, 2.75) is 57.1 Å². The molecule has 0 aliphatic carbocycles. The molecule has 204 valence electrons. The second-order valence-corrected chi connectivity index (χ2v) is 12.0. The normalized spacial score (nSPS) is 12.7. The first-order valence-electron chi connectivity index (χ1n) is 12.8.